The van der Waals surface area contributed by atoms with Crippen LogP contribution >= 0.6 is 0 Å². The molecule has 0 amide bonds. The highest BCUT2D eigenvalue weighted by Gasteiger charge is 2.22. The van der Waals surface area contributed by atoms with Crippen molar-refractivity contribution in [3.63, 3.8) is 0 Å². The van der Waals surface area contributed by atoms with Crippen molar-refractivity contribution in [3.8, 4) is 23.0 Å². The summed E-state index contributed by atoms with van der Waals surface area (Å²) in [5.74, 6) is 5.83. The molecule has 3 heterocycles. The molecular weight excluding hydrogens is 498 g/mol. The third-order valence-electron chi connectivity index (χ3n) is 6.99. The maximum Gasteiger partial charge on any atom is 0.336 e. The van der Waals surface area contributed by atoms with E-state index in [1.54, 1.807) is 12.1 Å². The van der Waals surface area contributed by atoms with Crippen molar-refractivity contribution < 1.29 is 18.3 Å². The normalized spacial score (nSPS) is 15.4. The van der Waals surface area contributed by atoms with Gasteiger partial charge in [0.15, 0.2) is 9.84 Å². The van der Waals surface area contributed by atoms with Gasteiger partial charge >= 0.3 is 5.97 Å². The minimum absolute atomic E-state index is 0.205. The van der Waals surface area contributed by atoms with Crippen LogP contribution in [-0.2, 0) is 16.4 Å². The molecule has 0 bridgehead atoms. The molecule has 1 saturated heterocycles. The van der Waals surface area contributed by atoms with Crippen LogP contribution in [0.25, 0.3) is 32.9 Å². The Bertz CT molecular complexity index is 1860. The number of H-pyrrole nitrogens is 2. The Kier molecular flexibility index (Phi) is 6.03. The summed E-state index contributed by atoms with van der Waals surface area (Å²) < 4.78 is 23.4. The zero-order valence-electron chi connectivity index (χ0n) is 20.5. The van der Waals surface area contributed by atoms with Crippen LogP contribution in [0.15, 0.2) is 72.9 Å². The maximum absolute atomic E-state index is 12.1. The van der Waals surface area contributed by atoms with Crippen molar-refractivity contribution in [2.24, 2.45) is 0 Å². The molecule has 0 saturated carbocycles. The number of benzene rings is 3. The number of carboxylic acids is 1. The second kappa shape index (κ2) is 9.53. The number of hydrogen-bond donors (Lipinski definition) is 3. The molecule has 6 rings (SSSR count). The number of carbonyl (C=O) groups is 1. The fourth-order valence-electron chi connectivity index (χ4n) is 4.99. The molecule has 0 radical (unpaired) electrons. The van der Waals surface area contributed by atoms with E-state index in [1.165, 1.54) is 0 Å². The quantitative estimate of drug-likeness (QED) is 0.298. The number of fused-ring (bicyclic) bond motifs is 2. The van der Waals surface area contributed by atoms with E-state index in [-0.39, 0.29) is 17.1 Å². The van der Waals surface area contributed by atoms with Crippen LogP contribution in [0.1, 0.15) is 27.2 Å². The minimum Gasteiger partial charge on any atom is -0.478 e. The number of aromatic carboxylic acids is 1. The van der Waals surface area contributed by atoms with Gasteiger partial charge in [0.2, 0.25) is 0 Å². The molecule has 0 unspecified atom stereocenters. The first-order valence-electron chi connectivity index (χ1n) is 12.3. The van der Waals surface area contributed by atoms with Crippen molar-refractivity contribution >= 4 is 37.6 Å². The Labute approximate surface area is 220 Å². The molecule has 5 aromatic rings. The van der Waals surface area contributed by atoms with Gasteiger partial charge in [-0.05, 0) is 58.8 Å². The van der Waals surface area contributed by atoms with Crippen LogP contribution in [0.5, 0.6) is 0 Å². The lowest BCUT2D eigenvalue weighted by molar-refractivity contribution is 0.0697. The highest BCUT2D eigenvalue weighted by atomic mass is 32.2. The maximum atomic E-state index is 12.1. The molecule has 7 nitrogen and oxygen atoms in total. The van der Waals surface area contributed by atoms with Crippen molar-refractivity contribution in [2.75, 3.05) is 24.6 Å². The van der Waals surface area contributed by atoms with E-state index in [0.29, 0.717) is 30.8 Å². The Morgan fingerprint density at radius 1 is 0.921 bits per heavy atom. The lowest BCUT2D eigenvalue weighted by Gasteiger charge is -2.25. The molecular formula is C30H25N3O4S. The highest BCUT2D eigenvalue weighted by molar-refractivity contribution is 7.91. The Balaban J connectivity index is 1.31. The molecule has 190 valence electrons. The molecule has 1 aliphatic rings. The molecule has 8 heteroatoms. The summed E-state index contributed by atoms with van der Waals surface area (Å²) in [5, 5.41) is 12.0. The van der Waals surface area contributed by atoms with Crippen molar-refractivity contribution in [3.05, 3.63) is 95.3 Å². The first kappa shape index (κ1) is 24.0. The first-order valence-corrected chi connectivity index (χ1v) is 14.2. The summed E-state index contributed by atoms with van der Waals surface area (Å²) in [4.78, 5) is 20.8. The number of hydrogen-bond acceptors (Lipinski definition) is 4. The van der Waals surface area contributed by atoms with Gasteiger partial charge in [0, 0.05) is 59.2 Å². The second-order valence-electron chi connectivity index (χ2n) is 9.59. The van der Waals surface area contributed by atoms with Gasteiger partial charge in [-0.1, -0.05) is 36.1 Å². The standard InChI is InChI=1S/C30H25N3O4S/c34-30(35)26-3-1-2-22(29(26)24-9-8-21-10-11-31-27(21)18-24)6-4-20-5-7-23-17-25(32-28(23)16-20)19-33-12-14-38(36,37)15-13-33/h1-3,5,7-11,16-18,31-32H,12-15,19H2,(H,34,35). The van der Waals surface area contributed by atoms with E-state index in [2.05, 4.69) is 32.8 Å². The summed E-state index contributed by atoms with van der Waals surface area (Å²) in [6.45, 7) is 1.76. The number of nitrogens with zero attached hydrogens (tertiary/aromatic N) is 1. The van der Waals surface area contributed by atoms with Crippen molar-refractivity contribution in [2.45, 2.75) is 6.54 Å². The third kappa shape index (κ3) is 4.82. The van der Waals surface area contributed by atoms with Gasteiger partial charge in [0.25, 0.3) is 0 Å². The minimum atomic E-state index is -2.90. The number of sulfone groups is 1. The first-order chi connectivity index (χ1) is 18.3. The predicted octanol–water partition coefficient (Wildman–Crippen LogP) is 4.64. The Hall–Kier alpha value is -4.32. The predicted molar refractivity (Wildman–Crippen MR) is 149 cm³/mol. The lowest BCUT2D eigenvalue weighted by Crippen LogP contribution is -2.39. The Morgan fingerprint density at radius 2 is 1.74 bits per heavy atom. The zero-order valence-corrected chi connectivity index (χ0v) is 21.3. The molecule has 1 aliphatic heterocycles. The number of nitrogens with one attached hydrogen (secondary N) is 2. The van der Waals surface area contributed by atoms with Crippen molar-refractivity contribution in [1.29, 1.82) is 0 Å². The molecule has 0 atom stereocenters. The smallest absolute Gasteiger partial charge is 0.336 e. The molecule has 0 aliphatic carbocycles. The number of aromatic nitrogens is 2. The van der Waals surface area contributed by atoms with Crippen LogP contribution in [0.4, 0.5) is 0 Å². The van der Waals surface area contributed by atoms with Crippen LogP contribution < -0.4 is 0 Å². The van der Waals surface area contributed by atoms with E-state index >= 15 is 0 Å². The lowest BCUT2D eigenvalue weighted by atomic mass is 9.93. The van der Waals surface area contributed by atoms with E-state index in [0.717, 1.165) is 38.6 Å². The van der Waals surface area contributed by atoms with Gasteiger partial charge in [0.05, 0.1) is 17.1 Å². The van der Waals surface area contributed by atoms with Crippen LogP contribution in [-0.4, -0.2) is 59.0 Å². The van der Waals surface area contributed by atoms with Gasteiger partial charge in [-0.25, -0.2) is 13.2 Å². The average Bonchev–Trinajstić information content (AvgIpc) is 3.54. The van der Waals surface area contributed by atoms with Gasteiger partial charge in [-0.2, -0.15) is 0 Å². The summed E-state index contributed by atoms with van der Waals surface area (Å²) in [6, 6.07) is 21.0. The summed E-state index contributed by atoms with van der Waals surface area (Å²) in [5.41, 5.74) is 5.95. The second-order valence-corrected chi connectivity index (χ2v) is 11.9. The monoisotopic (exact) mass is 523 g/mol. The summed E-state index contributed by atoms with van der Waals surface area (Å²) in [7, 11) is -2.90. The van der Waals surface area contributed by atoms with E-state index in [9.17, 15) is 18.3 Å². The average molecular weight is 524 g/mol. The summed E-state index contributed by atoms with van der Waals surface area (Å²) >= 11 is 0. The number of carboxylic acid groups (broad SMARTS) is 1. The van der Waals surface area contributed by atoms with Crippen molar-refractivity contribution in [1.82, 2.24) is 14.9 Å². The van der Waals surface area contributed by atoms with Gasteiger partial charge in [-0.15, -0.1) is 0 Å². The van der Waals surface area contributed by atoms with Crippen LogP contribution in [0, 0.1) is 11.8 Å². The fraction of sp³-hybridized carbons (Fsp3) is 0.167. The van der Waals surface area contributed by atoms with Gasteiger partial charge < -0.3 is 15.1 Å². The molecule has 38 heavy (non-hydrogen) atoms. The third-order valence-corrected chi connectivity index (χ3v) is 8.60. The SMILES string of the molecule is O=C(O)c1cccc(C#Cc2ccc3cc(CN4CCS(=O)(=O)CC4)[nH]c3c2)c1-c1ccc2cc[nH]c2c1. The topological polar surface area (TPSA) is 106 Å². The van der Waals surface area contributed by atoms with Crippen LogP contribution in [0.2, 0.25) is 0 Å². The fourth-order valence-corrected chi connectivity index (χ4v) is 6.26. The highest BCUT2D eigenvalue weighted by Crippen LogP contribution is 2.30. The van der Waals surface area contributed by atoms with E-state index in [1.807, 2.05) is 54.7 Å². The molecule has 3 N–H and O–H groups in total. The van der Waals surface area contributed by atoms with E-state index in [4.69, 9.17) is 0 Å². The number of aromatic amines is 2. The Morgan fingerprint density at radius 3 is 2.55 bits per heavy atom. The van der Waals surface area contributed by atoms with Crippen LogP contribution in [0.3, 0.4) is 0 Å². The molecule has 0 spiro atoms. The number of rotatable bonds is 4. The molecule has 3 aromatic carbocycles. The molecule has 1 fully saturated rings. The van der Waals surface area contributed by atoms with E-state index < -0.39 is 15.8 Å². The largest absolute Gasteiger partial charge is 0.478 e. The zero-order chi connectivity index (χ0) is 26.3. The molecule has 2 aromatic heterocycles. The van der Waals surface area contributed by atoms with Gasteiger partial charge in [0.1, 0.15) is 0 Å². The summed E-state index contributed by atoms with van der Waals surface area (Å²) in [6.07, 6.45) is 1.86. The van der Waals surface area contributed by atoms with Gasteiger partial charge in [-0.3, -0.25) is 4.90 Å².